The number of hydrazine groups is 1. The van der Waals surface area contributed by atoms with Crippen molar-refractivity contribution in [2.75, 3.05) is 10.7 Å². The van der Waals surface area contributed by atoms with Crippen LogP contribution in [0.15, 0.2) is 6.20 Å². The molecular weight excluding hydrogens is 272 g/mol. The van der Waals surface area contributed by atoms with Crippen molar-refractivity contribution in [3.63, 3.8) is 0 Å². The fraction of sp³-hybridized carbons (Fsp3) is 0.500. The number of aryl methyl sites for hydroxylation is 1. The molecule has 0 saturated heterocycles. The Morgan fingerprint density at radius 3 is 2.57 bits per heavy atom. The van der Waals surface area contributed by atoms with Gasteiger partial charge in [-0.2, -0.15) is 20.1 Å². The second-order valence-electron chi connectivity index (χ2n) is 4.81. The van der Waals surface area contributed by atoms with Crippen LogP contribution in [0.2, 0.25) is 0 Å². The van der Waals surface area contributed by atoms with Crippen LogP contribution in [-0.4, -0.2) is 30.8 Å². The molecular formula is C12H20N8O. The molecule has 9 heteroatoms. The molecule has 0 unspecified atom stereocenters. The third-order valence-corrected chi connectivity index (χ3v) is 2.86. The van der Waals surface area contributed by atoms with Crippen LogP contribution in [0.25, 0.3) is 0 Å². The van der Waals surface area contributed by atoms with Gasteiger partial charge >= 0.3 is 6.01 Å². The van der Waals surface area contributed by atoms with E-state index in [0.29, 0.717) is 12.5 Å². The quantitative estimate of drug-likeness (QED) is 0.523. The minimum absolute atomic E-state index is 0.0357. The molecule has 0 radical (unpaired) electrons. The van der Waals surface area contributed by atoms with Gasteiger partial charge in [0.15, 0.2) is 0 Å². The van der Waals surface area contributed by atoms with Crippen molar-refractivity contribution in [1.82, 2.24) is 24.7 Å². The van der Waals surface area contributed by atoms with Crippen molar-refractivity contribution < 1.29 is 4.74 Å². The summed E-state index contributed by atoms with van der Waals surface area (Å²) >= 11 is 0. The molecule has 9 nitrogen and oxygen atoms in total. The topological polar surface area (TPSA) is 116 Å². The number of rotatable bonds is 6. The monoisotopic (exact) mass is 292 g/mol. The third kappa shape index (κ3) is 3.78. The molecule has 0 bridgehead atoms. The molecule has 21 heavy (non-hydrogen) atoms. The largest absolute Gasteiger partial charge is 0.461 e. The Bertz CT molecular complexity index is 609. The summed E-state index contributed by atoms with van der Waals surface area (Å²) in [4.78, 5) is 12.4. The van der Waals surface area contributed by atoms with Crippen molar-refractivity contribution in [2.24, 2.45) is 12.9 Å². The molecule has 0 aliphatic heterocycles. The standard InChI is InChI=1S/C12H20N8O/c1-7(2)21-12-17-10(16-11(18-12)19-13)14-5-9-6-15-20(4)8(9)3/h6-7H,5,13H2,1-4H3,(H2,14,16,17,18,19). The molecule has 0 atom stereocenters. The first-order valence-electron chi connectivity index (χ1n) is 6.60. The van der Waals surface area contributed by atoms with E-state index in [9.17, 15) is 0 Å². The number of nitrogens with zero attached hydrogens (tertiary/aromatic N) is 5. The Morgan fingerprint density at radius 2 is 2.00 bits per heavy atom. The lowest BCUT2D eigenvalue weighted by Crippen LogP contribution is -2.16. The number of hydrogen-bond acceptors (Lipinski definition) is 8. The van der Waals surface area contributed by atoms with E-state index in [-0.39, 0.29) is 18.1 Å². The molecule has 0 aliphatic carbocycles. The maximum Gasteiger partial charge on any atom is 0.323 e. The number of nitrogen functional groups attached to an aromatic ring is 1. The molecule has 0 spiro atoms. The van der Waals surface area contributed by atoms with Crippen molar-refractivity contribution in [3.8, 4) is 6.01 Å². The van der Waals surface area contributed by atoms with Gasteiger partial charge in [-0.25, -0.2) is 5.84 Å². The van der Waals surface area contributed by atoms with E-state index >= 15 is 0 Å². The van der Waals surface area contributed by atoms with Crippen molar-refractivity contribution >= 4 is 11.9 Å². The third-order valence-electron chi connectivity index (χ3n) is 2.86. The van der Waals surface area contributed by atoms with Gasteiger partial charge in [-0.1, -0.05) is 0 Å². The number of anilines is 2. The fourth-order valence-corrected chi connectivity index (χ4v) is 1.66. The first-order chi connectivity index (χ1) is 9.99. The predicted molar refractivity (Wildman–Crippen MR) is 78.7 cm³/mol. The molecule has 0 saturated carbocycles. The maximum absolute atomic E-state index is 5.46. The minimum Gasteiger partial charge on any atom is -0.461 e. The minimum atomic E-state index is -0.0357. The summed E-state index contributed by atoms with van der Waals surface area (Å²) in [5.41, 5.74) is 4.53. The maximum atomic E-state index is 5.46. The highest BCUT2D eigenvalue weighted by molar-refractivity contribution is 5.36. The van der Waals surface area contributed by atoms with Crippen LogP contribution in [-0.2, 0) is 13.6 Å². The van der Waals surface area contributed by atoms with Gasteiger partial charge in [0.2, 0.25) is 11.9 Å². The molecule has 114 valence electrons. The van der Waals surface area contributed by atoms with E-state index in [1.54, 1.807) is 6.20 Å². The van der Waals surface area contributed by atoms with Gasteiger partial charge in [-0.3, -0.25) is 10.1 Å². The summed E-state index contributed by atoms with van der Waals surface area (Å²) in [5.74, 6) is 5.98. The zero-order valence-electron chi connectivity index (χ0n) is 12.6. The van der Waals surface area contributed by atoms with Gasteiger partial charge in [-0.05, 0) is 20.8 Å². The van der Waals surface area contributed by atoms with Gasteiger partial charge in [0.05, 0.1) is 12.3 Å². The van der Waals surface area contributed by atoms with Gasteiger partial charge in [-0.15, -0.1) is 0 Å². The fourth-order valence-electron chi connectivity index (χ4n) is 1.66. The molecule has 2 aromatic heterocycles. The molecule has 0 amide bonds. The van der Waals surface area contributed by atoms with E-state index in [0.717, 1.165) is 11.3 Å². The van der Waals surface area contributed by atoms with Crippen LogP contribution < -0.4 is 21.3 Å². The summed E-state index contributed by atoms with van der Waals surface area (Å²) in [6, 6.07) is 0.221. The molecule has 2 heterocycles. The van der Waals surface area contributed by atoms with Crippen LogP contribution in [0.3, 0.4) is 0 Å². The highest BCUT2D eigenvalue weighted by Crippen LogP contribution is 2.13. The molecule has 0 aliphatic rings. The van der Waals surface area contributed by atoms with E-state index in [1.807, 2.05) is 32.5 Å². The van der Waals surface area contributed by atoms with Crippen molar-refractivity contribution in [3.05, 3.63) is 17.5 Å². The molecule has 2 aromatic rings. The number of hydrogen-bond donors (Lipinski definition) is 3. The molecule has 0 aromatic carbocycles. The van der Waals surface area contributed by atoms with E-state index in [2.05, 4.69) is 30.8 Å². The average Bonchev–Trinajstić information content (AvgIpc) is 2.75. The average molecular weight is 292 g/mol. The van der Waals surface area contributed by atoms with E-state index in [4.69, 9.17) is 10.6 Å². The Hall–Kier alpha value is -2.42. The normalized spacial score (nSPS) is 10.8. The zero-order valence-corrected chi connectivity index (χ0v) is 12.6. The van der Waals surface area contributed by atoms with Crippen LogP contribution in [0, 0.1) is 6.92 Å². The van der Waals surface area contributed by atoms with Crippen molar-refractivity contribution in [2.45, 2.75) is 33.4 Å². The Labute approximate surface area is 122 Å². The molecule has 2 rings (SSSR count). The summed E-state index contributed by atoms with van der Waals surface area (Å²) in [6.45, 7) is 6.34. The number of ether oxygens (including phenoxy) is 1. The highest BCUT2D eigenvalue weighted by atomic mass is 16.5. The van der Waals surface area contributed by atoms with Crippen LogP contribution >= 0.6 is 0 Å². The lowest BCUT2D eigenvalue weighted by Gasteiger charge is -2.11. The lowest BCUT2D eigenvalue weighted by molar-refractivity contribution is 0.222. The first kappa shape index (κ1) is 15.0. The Kier molecular flexibility index (Phi) is 4.53. The number of nitrogens with two attached hydrogens (primary N) is 1. The summed E-state index contributed by atoms with van der Waals surface area (Å²) in [7, 11) is 1.90. The Morgan fingerprint density at radius 1 is 1.29 bits per heavy atom. The van der Waals surface area contributed by atoms with Crippen molar-refractivity contribution in [1.29, 1.82) is 0 Å². The number of aromatic nitrogens is 5. The molecule has 4 N–H and O–H groups in total. The number of nitrogens with one attached hydrogen (secondary N) is 2. The SMILES string of the molecule is Cc1c(CNc2nc(NN)nc(OC(C)C)n2)cnn1C. The predicted octanol–water partition coefficient (Wildman–Crippen LogP) is 0.598. The Balaban J connectivity index is 2.13. The second-order valence-corrected chi connectivity index (χ2v) is 4.81. The highest BCUT2D eigenvalue weighted by Gasteiger charge is 2.09. The lowest BCUT2D eigenvalue weighted by atomic mass is 10.2. The van der Waals surface area contributed by atoms with Crippen LogP contribution in [0.5, 0.6) is 6.01 Å². The summed E-state index contributed by atoms with van der Waals surface area (Å²) < 4.78 is 7.27. The van der Waals surface area contributed by atoms with Gasteiger partial charge in [0.1, 0.15) is 0 Å². The smallest absolute Gasteiger partial charge is 0.323 e. The van der Waals surface area contributed by atoms with Gasteiger partial charge in [0.25, 0.3) is 0 Å². The van der Waals surface area contributed by atoms with Gasteiger partial charge in [0, 0.05) is 24.8 Å². The van der Waals surface area contributed by atoms with Crippen LogP contribution in [0.4, 0.5) is 11.9 Å². The first-order valence-corrected chi connectivity index (χ1v) is 6.60. The summed E-state index contributed by atoms with van der Waals surface area (Å²) in [6.07, 6.45) is 1.77. The van der Waals surface area contributed by atoms with E-state index in [1.165, 1.54) is 0 Å². The zero-order chi connectivity index (χ0) is 15.4. The van der Waals surface area contributed by atoms with Gasteiger partial charge < -0.3 is 10.1 Å². The van der Waals surface area contributed by atoms with E-state index < -0.39 is 0 Å². The second kappa shape index (κ2) is 6.35. The van der Waals surface area contributed by atoms with Crippen LogP contribution in [0.1, 0.15) is 25.1 Å². The molecule has 0 fully saturated rings. The summed E-state index contributed by atoms with van der Waals surface area (Å²) in [5, 5.41) is 7.30.